The summed E-state index contributed by atoms with van der Waals surface area (Å²) in [5.74, 6) is 1.74. The van der Waals surface area contributed by atoms with Gasteiger partial charge in [-0.3, -0.25) is 4.90 Å². The second-order valence-corrected chi connectivity index (χ2v) is 7.26. The zero-order valence-corrected chi connectivity index (χ0v) is 19.0. The molecule has 1 fully saturated rings. The van der Waals surface area contributed by atoms with Gasteiger partial charge in [0.2, 0.25) is 0 Å². The van der Waals surface area contributed by atoms with Crippen LogP contribution < -0.4 is 15.4 Å². The van der Waals surface area contributed by atoms with Crippen molar-refractivity contribution in [1.82, 2.24) is 15.5 Å². The smallest absolute Gasteiger partial charge is 0.191 e. The maximum atomic E-state index is 5.28. The highest BCUT2D eigenvalue weighted by molar-refractivity contribution is 14.0. The highest BCUT2D eigenvalue weighted by atomic mass is 127. The third-order valence-corrected chi connectivity index (χ3v) is 4.80. The van der Waals surface area contributed by atoms with Gasteiger partial charge in [0, 0.05) is 18.6 Å². The average molecular weight is 474 g/mol. The second-order valence-electron chi connectivity index (χ2n) is 7.26. The number of nitrogens with zero attached hydrogens (tertiary/aromatic N) is 2. The van der Waals surface area contributed by atoms with Crippen LogP contribution in [0.3, 0.4) is 0 Å². The molecule has 0 spiro atoms. The molecule has 0 aliphatic carbocycles. The molecular formula is C20H35IN4O. The Morgan fingerprint density at radius 2 is 1.92 bits per heavy atom. The minimum Gasteiger partial charge on any atom is -0.497 e. The van der Waals surface area contributed by atoms with Crippen LogP contribution >= 0.6 is 24.0 Å². The minimum atomic E-state index is 0. The molecule has 0 saturated carbocycles. The predicted octanol–water partition coefficient (Wildman–Crippen LogP) is 3.63. The molecule has 6 heteroatoms. The molecule has 5 nitrogen and oxygen atoms in total. The van der Waals surface area contributed by atoms with Crippen molar-refractivity contribution in [2.45, 2.75) is 52.1 Å². The van der Waals surface area contributed by atoms with E-state index in [4.69, 9.17) is 9.73 Å². The number of rotatable bonds is 7. The molecule has 1 aliphatic heterocycles. The second kappa shape index (κ2) is 11.6. The van der Waals surface area contributed by atoms with E-state index in [1.165, 1.54) is 32.4 Å². The lowest BCUT2D eigenvalue weighted by Gasteiger charge is -2.41. The number of benzene rings is 1. The van der Waals surface area contributed by atoms with Crippen LogP contribution in [0.1, 0.15) is 45.6 Å². The Morgan fingerprint density at radius 3 is 2.58 bits per heavy atom. The molecule has 0 atom stereocenters. The van der Waals surface area contributed by atoms with Crippen LogP contribution in [-0.2, 0) is 6.54 Å². The van der Waals surface area contributed by atoms with Gasteiger partial charge >= 0.3 is 0 Å². The Labute approximate surface area is 176 Å². The first-order valence-corrected chi connectivity index (χ1v) is 9.45. The molecule has 1 saturated heterocycles. The third-order valence-electron chi connectivity index (χ3n) is 4.80. The molecule has 0 bridgehead atoms. The Kier molecular flexibility index (Phi) is 10.3. The van der Waals surface area contributed by atoms with Crippen LogP contribution in [-0.4, -0.2) is 49.7 Å². The van der Waals surface area contributed by atoms with E-state index in [9.17, 15) is 0 Å². The van der Waals surface area contributed by atoms with Crippen molar-refractivity contribution in [1.29, 1.82) is 0 Å². The van der Waals surface area contributed by atoms with Crippen LogP contribution in [0.2, 0.25) is 0 Å². The summed E-state index contributed by atoms with van der Waals surface area (Å²) in [7, 11) is 1.69. The number of likely N-dealkylation sites (tertiary alicyclic amines) is 1. The van der Waals surface area contributed by atoms with Gasteiger partial charge in [-0.15, -0.1) is 24.0 Å². The number of halogens is 1. The summed E-state index contributed by atoms with van der Waals surface area (Å²) in [6.07, 6.45) is 3.99. The number of hydrogen-bond acceptors (Lipinski definition) is 3. The van der Waals surface area contributed by atoms with Gasteiger partial charge in [-0.05, 0) is 64.4 Å². The van der Waals surface area contributed by atoms with Gasteiger partial charge in [0.25, 0.3) is 0 Å². The van der Waals surface area contributed by atoms with E-state index in [0.29, 0.717) is 6.54 Å². The van der Waals surface area contributed by atoms with Crippen molar-refractivity contribution in [2.75, 3.05) is 33.3 Å². The lowest BCUT2D eigenvalue weighted by atomic mass is 9.98. The summed E-state index contributed by atoms with van der Waals surface area (Å²) in [6.45, 7) is 11.5. The summed E-state index contributed by atoms with van der Waals surface area (Å²) < 4.78 is 5.28. The van der Waals surface area contributed by atoms with Gasteiger partial charge in [0.1, 0.15) is 5.75 Å². The SMILES string of the molecule is CCNC(=NCc1cccc(OC)c1)NCC(C)(C)N1CCCCC1.I. The molecule has 1 aromatic rings. The number of hydrogen-bond donors (Lipinski definition) is 2. The molecule has 0 aromatic heterocycles. The Bertz CT molecular complexity index is 556. The van der Waals surface area contributed by atoms with Crippen molar-refractivity contribution in [3.05, 3.63) is 29.8 Å². The monoisotopic (exact) mass is 474 g/mol. The van der Waals surface area contributed by atoms with E-state index in [1.54, 1.807) is 7.11 Å². The van der Waals surface area contributed by atoms with Crippen molar-refractivity contribution in [2.24, 2.45) is 4.99 Å². The van der Waals surface area contributed by atoms with Crippen LogP contribution in [0.4, 0.5) is 0 Å². The molecule has 1 aliphatic rings. The molecule has 1 aromatic carbocycles. The third kappa shape index (κ3) is 7.31. The van der Waals surface area contributed by atoms with E-state index in [2.05, 4.69) is 42.4 Å². The van der Waals surface area contributed by atoms with Crippen molar-refractivity contribution >= 4 is 29.9 Å². The molecule has 0 unspecified atom stereocenters. The molecule has 26 heavy (non-hydrogen) atoms. The quantitative estimate of drug-likeness (QED) is 0.360. The molecular weight excluding hydrogens is 439 g/mol. The first-order chi connectivity index (χ1) is 12.0. The summed E-state index contributed by atoms with van der Waals surface area (Å²) >= 11 is 0. The molecule has 2 N–H and O–H groups in total. The Hall–Kier alpha value is -1.02. The fraction of sp³-hybridized carbons (Fsp3) is 0.650. The molecule has 2 rings (SSSR count). The largest absolute Gasteiger partial charge is 0.497 e. The average Bonchev–Trinajstić information content (AvgIpc) is 2.65. The van der Waals surface area contributed by atoms with E-state index < -0.39 is 0 Å². The van der Waals surface area contributed by atoms with E-state index in [0.717, 1.165) is 30.4 Å². The first-order valence-electron chi connectivity index (χ1n) is 9.45. The van der Waals surface area contributed by atoms with Crippen LogP contribution in [0.15, 0.2) is 29.3 Å². The molecule has 0 radical (unpaired) electrons. The van der Waals surface area contributed by atoms with Gasteiger partial charge in [-0.25, -0.2) is 4.99 Å². The topological polar surface area (TPSA) is 48.9 Å². The number of methoxy groups -OCH3 is 1. The van der Waals surface area contributed by atoms with Crippen LogP contribution in [0.25, 0.3) is 0 Å². The lowest BCUT2D eigenvalue weighted by molar-refractivity contribution is 0.0982. The predicted molar refractivity (Wildman–Crippen MR) is 121 cm³/mol. The lowest BCUT2D eigenvalue weighted by Crippen LogP contribution is -2.54. The van der Waals surface area contributed by atoms with Gasteiger partial charge in [0.05, 0.1) is 13.7 Å². The first kappa shape index (κ1) is 23.0. The van der Waals surface area contributed by atoms with Gasteiger partial charge in [-0.1, -0.05) is 18.6 Å². The molecule has 148 valence electrons. The van der Waals surface area contributed by atoms with Crippen molar-refractivity contribution < 1.29 is 4.74 Å². The fourth-order valence-corrected chi connectivity index (χ4v) is 3.19. The van der Waals surface area contributed by atoms with E-state index in [-0.39, 0.29) is 29.5 Å². The Morgan fingerprint density at radius 1 is 1.19 bits per heavy atom. The number of ether oxygens (including phenoxy) is 1. The van der Waals surface area contributed by atoms with Gasteiger partial charge in [0.15, 0.2) is 5.96 Å². The maximum absolute atomic E-state index is 5.28. The number of piperidine rings is 1. The maximum Gasteiger partial charge on any atom is 0.191 e. The highest BCUT2D eigenvalue weighted by Gasteiger charge is 2.27. The summed E-state index contributed by atoms with van der Waals surface area (Å²) in [4.78, 5) is 7.32. The van der Waals surface area contributed by atoms with E-state index >= 15 is 0 Å². The van der Waals surface area contributed by atoms with Crippen LogP contribution in [0, 0.1) is 0 Å². The number of guanidine groups is 1. The zero-order valence-electron chi connectivity index (χ0n) is 16.7. The molecule has 1 heterocycles. The Balaban J connectivity index is 0.00000338. The highest BCUT2D eigenvalue weighted by Crippen LogP contribution is 2.19. The normalized spacial score (nSPS) is 15.9. The number of aliphatic imine (C=N–C) groups is 1. The summed E-state index contributed by atoms with van der Waals surface area (Å²) in [5.41, 5.74) is 1.28. The van der Waals surface area contributed by atoms with Crippen LogP contribution in [0.5, 0.6) is 5.75 Å². The summed E-state index contributed by atoms with van der Waals surface area (Å²) in [6, 6.07) is 8.07. The number of nitrogens with one attached hydrogen (secondary N) is 2. The molecule has 0 amide bonds. The van der Waals surface area contributed by atoms with Crippen molar-refractivity contribution in [3.63, 3.8) is 0 Å². The fourth-order valence-electron chi connectivity index (χ4n) is 3.19. The van der Waals surface area contributed by atoms with Crippen molar-refractivity contribution in [3.8, 4) is 5.75 Å². The zero-order chi connectivity index (χ0) is 18.1. The standard InChI is InChI=1S/C20H34N4O.HI/c1-5-21-19(22-15-17-10-9-11-18(14-17)25-4)23-16-20(2,3)24-12-7-6-8-13-24;/h9-11,14H,5-8,12-13,15-16H2,1-4H3,(H2,21,22,23);1H. The van der Waals surface area contributed by atoms with E-state index in [1.807, 2.05) is 18.2 Å². The minimum absolute atomic E-state index is 0. The summed E-state index contributed by atoms with van der Waals surface area (Å²) in [5, 5.41) is 6.87. The van der Waals surface area contributed by atoms with Gasteiger partial charge in [-0.2, -0.15) is 0 Å². The van der Waals surface area contributed by atoms with Gasteiger partial charge < -0.3 is 15.4 Å².